The molecule has 0 saturated heterocycles. The van der Waals surface area contributed by atoms with Crippen LogP contribution < -0.4 is 4.74 Å². The second-order valence-electron chi connectivity index (χ2n) is 5.11. The Kier molecular flexibility index (Phi) is 3.45. The quantitative estimate of drug-likeness (QED) is 0.895. The molecule has 0 bridgehead atoms. The average Bonchev–Trinajstić information content (AvgIpc) is 3.25. The van der Waals surface area contributed by atoms with Crippen molar-refractivity contribution in [1.82, 2.24) is 0 Å². The van der Waals surface area contributed by atoms with Gasteiger partial charge in [0.2, 0.25) is 0 Å². The minimum absolute atomic E-state index is 0.290. The van der Waals surface area contributed by atoms with Gasteiger partial charge in [-0.2, -0.15) is 0 Å². The van der Waals surface area contributed by atoms with Crippen LogP contribution in [0.3, 0.4) is 0 Å². The summed E-state index contributed by atoms with van der Waals surface area (Å²) >= 11 is 0. The highest BCUT2D eigenvalue weighted by Gasteiger charge is 2.30. The minimum Gasteiger partial charge on any atom is -0.457 e. The molecule has 0 heterocycles. The van der Waals surface area contributed by atoms with Crippen LogP contribution >= 0.6 is 0 Å². The van der Waals surface area contributed by atoms with Gasteiger partial charge in [-0.05, 0) is 61.6 Å². The average molecular weight is 271 g/mol. The monoisotopic (exact) mass is 271 g/mol. The summed E-state index contributed by atoms with van der Waals surface area (Å²) in [6.07, 6.45) is 1.44. The van der Waals surface area contributed by atoms with E-state index in [4.69, 9.17) is 4.74 Å². The molecule has 2 aromatic carbocycles. The maximum absolute atomic E-state index is 12.9. The molecule has 103 valence electrons. The first-order chi connectivity index (χ1) is 9.65. The van der Waals surface area contributed by atoms with Gasteiger partial charge in [-0.1, -0.05) is 12.1 Å². The maximum atomic E-state index is 12.9. The van der Waals surface area contributed by atoms with Gasteiger partial charge in [-0.25, -0.2) is 4.39 Å². The molecule has 1 atom stereocenters. The Morgan fingerprint density at radius 2 is 1.85 bits per heavy atom. The standard InChI is InChI=1S/C17H16FO2/c1-11(19)15-3-2-4-16(17(15)12-5-6-12)20-14-9-7-13(18)8-10-14/h2-4,7-12,19H,1,5-6H2. The van der Waals surface area contributed by atoms with Gasteiger partial charge in [0.15, 0.2) is 0 Å². The topological polar surface area (TPSA) is 29.5 Å². The molecule has 1 unspecified atom stereocenters. The Labute approximate surface area is 117 Å². The molecular weight excluding hydrogens is 255 g/mol. The second kappa shape index (κ2) is 5.25. The predicted octanol–water partition coefficient (Wildman–Crippen LogP) is 4.36. The van der Waals surface area contributed by atoms with Gasteiger partial charge >= 0.3 is 0 Å². The van der Waals surface area contributed by atoms with Crippen molar-refractivity contribution in [3.8, 4) is 11.5 Å². The van der Waals surface area contributed by atoms with Crippen molar-refractivity contribution < 1.29 is 14.2 Å². The molecule has 1 radical (unpaired) electrons. The van der Waals surface area contributed by atoms with E-state index in [1.165, 1.54) is 12.1 Å². The first-order valence-corrected chi connectivity index (χ1v) is 6.72. The van der Waals surface area contributed by atoms with Crippen molar-refractivity contribution in [2.45, 2.75) is 24.9 Å². The van der Waals surface area contributed by atoms with E-state index in [1.54, 1.807) is 12.1 Å². The molecule has 20 heavy (non-hydrogen) atoms. The number of halogens is 1. The third kappa shape index (κ3) is 2.68. The Bertz CT molecular complexity index is 601. The molecule has 0 aromatic heterocycles. The normalized spacial score (nSPS) is 15.9. The van der Waals surface area contributed by atoms with E-state index in [-0.39, 0.29) is 5.82 Å². The minimum atomic E-state index is -0.762. The summed E-state index contributed by atoms with van der Waals surface area (Å²) in [4.78, 5) is 0. The van der Waals surface area contributed by atoms with Gasteiger partial charge < -0.3 is 9.84 Å². The number of aliphatic hydroxyl groups is 1. The lowest BCUT2D eigenvalue weighted by atomic mass is 9.98. The van der Waals surface area contributed by atoms with E-state index in [1.807, 2.05) is 18.2 Å². The van der Waals surface area contributed by atoms with Crippen LogP contribution in [0.25, 0.3) is 0 Å². The zero-order chi connectivity index (χ0) is 14.1. The summed E-state index contributed by atoms with van der Waals surface area (Å²) in [6, 6.07) is 11.5. The van der Waals surface area contributed by atoms with E-state index in [9.17, 15) is 9.50 Å². The number of hydrogen-bond donors (Lipinski definition) is 1. The summed E-state index contributed by atoms with van der Waals surface area (Å²) in [6.45, 7) is 3.69. The molecule has 2 aromatic rings. The summed E-state index contributed by atoms with van der Waals surface area (Å²) < 4.78 is 18.8. The van der Waals surface area contributed by atoms with Crippen LogP contribution in [0.15, 0.2) is 42.5 Å². The zero-order valence-corrected chi connectivity index (χ0v) is 11.1. The van der Waals surface area contributed by atoms with Crippen LogP contribution in [0.2, 0.25) is 0 Å². The van der Waals surface area contributed by atoms with E-state index < -0.39 is 6.10 Å². The summed E-state index contributed by atoms with van der Waals surface area (Å²) in [5.74, 6) is 1.45. The largest absolute Gasteiger partial charge is 0.457 e. The lowest BCUT2D eigenvalue weighted by Gasteiger charge is -2.16. The third-order valence-electron chi connectivity index (χ3n) is 3.49. The molecule has 1 fully saturated rings. The van der Waals surface area contributed by atoms with Crippen LogP contribution in [0.1, 0.15) is 36.0 Å². The van der Waals surface area contributed by atoms with E-state index in [0.717, 1.165) is 29.7 Å². The fourth-order valence-corrected chi connectivity index (χ4v) is 2.38. The lowest BCUT2D eigenvalue weighted by Crippen LogP contribution is -2.00. The van der Waals surface area contributed by atoms with Crippen LogP contribution in [-0.4, -0.2) is 5.11 Å². The van der Waals surface area contributed by atoms with Crippen molar-refractivity contribution >= 4 is 0 Å². The molecule has 1 aliphatic carbocycles. The smallest absolute Gasteiger partial charge is 0.131 e. The van der Waals surface area contributed by atoms with Crippen molar-refractivity contribution in [2.24, 2.45) is 0 Å². The van der Waals surface area contributed by atoms with Crippen LogP contribution in [0.4, 0.5) is 4.39 Å². The van der Waals surface area contributed by atoms with Crippen molar-refractivity contribution in [3.05, 3.63) is 66.3 Å². The maximum Gasteiger partial charge on any atom is 0.131 e. The van der Waals surface area contributed by atoms with Crippen molar-refractivity contribution in [1.29, 1.82) is 0 Å². The van der Waals surface area contributed by atoms with Gasteiger partial charge in [-0.3, -0.25) is 0 Å². The Balaban J connectivity index is 1.96. The summed E-state index contributed by atoms with van der Waals surface area (Å²) in [7, 11) is 0. The number of aliphatic hydroxyl groups excluding tert-OH is 1. The molecule has 2 nitrogen and oxygen atoms in total. The highest BCUT2D eigenvalue weighted by atomic mass is 19.1. The molecule has 3 heteroatoms. The summed E-state index contributed by atoms with van der Waals surface area (Å²) in [5.41, 5.74) is 1.84. The van der Waals surface area contributed by atoms with E-state index >= 15 is 0 Å². The van der Waals surface area contributed by atoms with Crippen molar-refractivity contribution in [3.63, 3.8) is 0 Å². The van der Waals surface area contributed by atoms with Crippen LogP contribution in [0, 0.1) is 12.7 Å². The zero-order valence-electron chi connectivity index (χ0n) is 11.1. The second-order valence-corrected chi connectivity index (χ2v) is 5.11. The lowest BCUT2D eigenvalue weighted by molar-refractivity contribution is 0.224. The van der Waals surface area contributed by atoms with Crippen molar-refractivity contribution in [2.75, 3.05) is 0 Å². The first-order valence-electron chi connectivity index (χ1n) is 6.72. The highest BCUT2D eigenvalue weighted by Crippen LogP contribution is 2.48. The molecule has 3 rings (SSSR count). The number of hydrogen-bond acceptors (Lipinski definition) is 2. The third-order valence-corrected chi connectivity index (χ3v) is 3.49. The summed E-state index contributed by atoms with van der Waals surface area (Å²) in [5, 5.41) is 9.79. The van der Waals surface area contributed by atoms with E-state index in [0.29, 0.717) is 11.7 Å². The Morgan fingerprint density at radius 1 is 1.15 bits per heavy atom. The number of rotatable bonds is 4. The molecule has 0 amide bonds. The van der Waals surface area contributed by atoms with Gasteiger partial charge in [0.25, 0.3) is 0 Å². The van der Waals surface area contributed by atoms with Gasteiger partial charge in [0.05, 0.1) is 6.10 Å². The highest BCUT2D eigenvalue weighted by molar-refractivity contribution is 5.48. The number of ether oxygens (including phenoxy) is 1. The van der Waals surface area contributed by atoms with Crippen LogP contribution in [-0.2, 0) is 0 Å². The van der Waals surface area contributed by atoms with Gasteiger partial charge in [-0.15, -0.1) is 0 Å². The Hall–Kier alpha value is -1.87. The molecule has 1 aliphatic rings. The SMILES string of the molecule is [CH2]C(O)c1cccc(Oc2ccc(F)cc2)c1C1CC1. The molecule has 1 N–H and O–H groups in total. The molecule has 1 saturated carbocycles. The number of benzene rings is 2. The first kappa shape index (κ1) is 13.1. The van der Waals surface area contributed by atoms with E-state index in [2.05, 4.69) is 6.92 Å². The van der Waals surface area contributed by atoms with Gasteiger partial charge in [0.1, 0.15) is 17.3 Å². The fraction of sp³-hybridized carbons (Fsp3) is 0.235. The van der Waals surface area contributed by atoms with Crippen LogP contribution in [0.5, 0.6) is 11.5 Å². The fourth-order valence-electron chi connectivity index (χ4n) is 2.38. The molecule has 0 aliphatic heterocycles. The predicted molar refractivity (Wildman–Crippen MR) is 75.2 cm³/mol. The Morgan fingerprint density at radius 3 is 2.45 bits per heavy atom. The van der Waals surface area contributed by atoms with Gasteiger partial charge in [0, 0.05) is 5.56 Å². The molecular formula is C17H16FO2. The molecule has 0 spiro atoms.